The number of halogens is 4. The van der Waals surface area contributed by atoms with Crippen LogP contribution in [0.25, 0.3) is 22.4 Å². The Kier molecular flexibility index (Phi) is 5.84. The zero-order valence-corrected chi connectivity index (χ0v) is 15.4. The predicted octanol–water partition coefficient (Wildman–Crippen LogP) is 4.95. The Bertz CT molecular complexity index is 1160. The molecule has 0 bridgehead atoms. The Labute approximate surface area is 169 Å². The molecule has 4 rings (SSSR count). The van der Waals surface area contributed by atoms with Gasteiger partial charge < -0.3 is 17.3 Å². The summed E-state index contributed by atoms with van der Waals surface area (Å²) in [6, 6.07) is 27.7. The molecule has 0 saturated carbocycles. The van der Waals surface area contributed by atoms with Gasteiger partial charge in [0, 0.05) is 12.1 Å². The lowest BCUT2D eigenvalue weighted by Crippen LogP contribution is -2.28. The molecule has 0 amide bonds. The van der Waals surface area contributed by atoms with E-state index in [0.717, 1.165) is 22.4 Å². The third kappa shape index (κ3) is 4.65. The minimum absolute atomic E-state index is 0.380. The van der Waals surface area contributed by atoms with E-state index >= 15 is 0 Å². The second kappa shape index (κ2) is 8.50. The number of aromatic nitrogens is 2. The predicted molar refractivity (Wildman–Crippen MR) is 104 cm³/mol. The summed E-state index contributed by atoms with van der Waals surface area (Å²) in [5.74, 6) is 0. The molecule has 4 aromatic rings. The first-order valence-corrected chi connectivity index (χ1v) is 8.71. The molecular weight excluding hydrogens is 395 g/mol. The molecule has 0 fully saturated rings. The van der Waals surface area contributed by atoms with Crippen molar-refractivity contribution in [2.24, 2.45) is 0 Å². The third-order valence-corrected chi connectivity index (χ3v) is 4.17. The van der Waals surface area contributed by atoms with Crippen molar-refractivity contribution in [1.82, 2.24) is 4.57 Å². The molecule has 0 atom stereocenters. The number of rotatable bonds is 2. The molecule has 0 spiro atoms. The molecule has 0 aliphatic heterocycles. The molecule has 3 aromatic carbocycles. The SMILES string of the molecule is F[B-](F)(F)F.N#Cc1cc2c(cc1C#N)[n+](-c1ccccc1)cn2-c1ccccc1. The smallest absolute Gasteiger partial charge is 0.418 e. The summed E-state index contributed by atoms with van der Waals surface area (Å²) in [5.41, 5.74) is 4.51. The lowest BCUT2D eigenvalue weighted by Gasteiger charge is -1.98. The van der Waals surface area contributed by atoms with Gasteiger partial charge in [0.1, 0.15) is 23.5 Å². The summed E-state index contributed by atoms with van der Waals surface area (Å²) < 4.78 is 43.1. The first kappa shape index (κ1) is 20.6. The maximum atomic E-state index is 9.75. The molecule has 1 aromatic heterocycles. The van der Waals surface area contributed by atoms with E-state index in [0.29, 0.717) is 11.1 Å². The molecule has 0 N–H and O–H groups in total. The normalized spacial score (nSPS) is 10.6. The molecule has 0 radical (unpaired) electrons. The third-order valence-electron chi connectivity index (χ3n) is 4.17. The van der Waals surface area contributed by atoms with Gasteiger partial charge in [-0.1, -0.05) is 36.4 Å². The van der Waals surface area contributed by atoms with E-state index in [1.165, 1.54) is 0 Å². The summed E-state index contributed by atoms with van der Waals surface area (Å²) in [5, 5.41) is 18.8. The average molecular weight is 408 g/mol. The van der Waals surface area contributed by atoms with Gasteiger partial charge >= 0.3 is 7.25 Å². The molecule has 0 aliphatic rings. The van der Waals surface area contributed by atoms with Gasteiger partial charge in [0.25, 0.3) is 6.33 Å². The first-order chi connectivity index (χ1) is 14.3. The lowest BCUT2D eigenvalue weighted by atomic mass is 10.1. The number of imidazole rings is 1. The van der Waals surface area contributed by atoms with E-state index in [1.807, 2.05) is 76.1 Å². The van der Waals surface area contributed by atoms with E-state index in [2.05, 4.69) is 12.1 Å². The fourth-order valence-electron chi connectivity index (χ4n) is 2.98. The Morgan fingerprint density at radius 1 is 0.767 bits per heavy atom. The van der Waals surface area contributed by atoms with Gasteiger partial charge in [0.15, 0.2) is 11.0 Å². The number of para-hydroxylation sites is 2. The van der Waals surface area contributed by atoms with Crippen LogP contribution in [0.1, 0.15) is 11.1 Å². The second-order valence-corrected chi connectivity index (χ2v) is 6.13. The van der Waals surface area contributed by atoms with E-state index in [9.17, 15) is 27.8 Å². The van der Waals surface area contributed by atoms with Gasteiger partial charge in [0.2, 0.25) is 0 Å². The zero-order chi connectivity index (χ0) is 21.7. The highest BCUT2D eigenvalue weighted by atomic mass is 19.5. The molecule has 0 saturated heterocycles. The molecule has 0 unspecified atom stereocenters. The van der Waals surface area contributed by atoms with Gasteiger partial charge in [-0.05, 0) is 24.3 Å². The quantitative estimate of drug-likeness (QED) is 0.268. The maximum Gasteiger partial charge on any atom is 0.673 e. The van der Waals surface area contributed by atoms with Crippen LogP contribution in [-0.4, -0.2) is 11.8 Å². The first-order valence-electron chi connectivity index (χ1n) is 8.71. The molecule has 1 heterocycles. The van der Waals surface area contributed by atoms with Crippen LogP contribution in [0, 0.1) is 22.7 Å². The van der Waals surface area contributed by atoms with Gasteiger partial charge in [-0.25, -0.2) is 0 Å². The molecule has 0 aliphatic carbocycles. The van der Waals surface area contributed by atoms with Crippen molar-refractivity contribution in [3.8, 4) is 23.5 Å². The molecule has 30 heavy (non-hydrogen) atoms. The number of hydrogen-bond acceptors (Lipinski definition) is 2. The number of benzene rings is 3. The van der Waals surface area contributed by atoms with Crippen LogP contribution in [0.2, 0.25) is 0 Å². The van der Waals surface area contributed by atoms with Crippen molar-refractivity contribution in [3.05, 3.63) is 90.3 Å². The minimum Gasteiger partial charge on any atom is -0.418 e. The van der Waals surface area contributed by atoms with Crippen LogP contribution in [0.3, 0.4) is 0 Å². The Morgan fingerprint density at radius 3 is 1.80 bits per heavy atom. The number of fused-ring (bicyclic) bond motifs is 1. The molecule has 9 heteroatoms. The van der Waals surface area contributed by atoms with Crippen LogP contribution in [0.4, 0.5) is 17.3 Å². The highest BCUT2D eigenvalue weighted by Gasteiger charge is 2.21. The Balaban J connectivity index is 0.000000461. The van der Waals surface area contributed by atoms with Gasteiger partial charge in [-0.2, -0.15) is 19.7 Å². The fraction of sp³-hybridized carbons (Fsp3) is 0. The van der Waals surface area contributed by atoms with Crippen LogP contribution in [0.15, 0.2) is 79.1 Å². The summed E-state index contributed by atoms with van der Waals surface area (Å²) in [4.78, 5) is 0. The lowest BCUT2D eigenvalue weighted by molar-refractivity contribution is -0.567. The van der Waals surface area contributed by atoms with Crippen molar-refractivity contribution >= 4 is 18.3 Å². The van der Waals surface area contributed by atoms with Crippen molar-refractivity contribution in [1.29, 1.82) is 10.5 Å². The van der Waals surface area contributed by atoms with Crippen molar-refractivity contribution in [2.75, 3.05) is 0 Å². The van der Waals surface area contributed by atoms with Crippen LogP contribution in [0.5, 0.6) is 0 Å². The maximum absolute atomic E-state index is 9.75. The summed E-state index contributed by atoms with van der Waals surface area (Å²) in [6.07, 6.45) is 1.98. The topological polar surface area (TPSA) is 56.4 Å². The van der Waals surface area contributed by atoms with Crippen molar-refractivity contribution in [2.45, 2.75) is 0 Å². The zero-order valence-electron chi connectivity index (χ0n) is 15.4. The second-order valence-electron chi connectivity index (χ2n) is 6.13. The summed E-state index contributed by atoms with van der Waals surface area (Å²) in [6.45, 7) is 0. The Morgan fingerprint density at radius 2 is 1.27 bits per heavy atom. The minimum atomic E-state index is -6.00. The number of hydrogen-bond donors (Lipinski definition) is 0. The summed E-state index contributed by atoms with van der Waals surface area (Å²) >= 11 is 0. The summed E-state index contributed by atoms with van der Waals surface area (Å²) in [7, 11) is -6.00. The van der Waals surface area contributed by atoms with Crippen LogP contribution < -0.4 is 4.57 Å². The largest absolute Gasteiger partial charge is 0.673 e. The standard InChI is InChI=1S/C21H13N4.BF4/c22-13-16-11-20-21(12-17(16)14-23)25(19-9-5-2-6-10-19)15-24(20)18-7-3-1-4-8-18;2-1(3,4)5/h1-12,15H;/q+1;-1. The van der Waals surface area contributed by atoms with Gasteiger partial charge in [-0.3, -0.25) is 0 Å². The monoisotopic (exact) mass is 408 g/mol. The highest BCUT2D eigenvalue weighted by molar-refractivity contribution is 6.50. The molecule has 4 nitrogen and oxygen atoms in total. The van der Waals surface area contributed by atoms with Crippen molar-refractivity contribution in [3.63, 3.8) is 0 Å². The van der Waals surface area contributed by atoms with Gasteiger partial charge in [-0.15, -0.1) is 0 Å². The fourth-order valence-corrected chi connectivity index (χ4v) is 2.98. The van der Waals surface area contributed by atoms with E-state index in [4.69, 9.17) is 0 Å². The van der Waals surface area contributed by atoms with Gasteiger partial charge in [0.05, 0.1) is 11.1 Å². The van der Waals surface area contributed by atoms with E-state index in [1.54, 1.807) is 12.1 Å². The van der Waals surface area contributed by atoms with E-state index in [-0.39, 0.29) is 0 Å². The average Bonchev–Trinajstić information content (AvgIpc) is 3.11. The van der Waals surface area contributed by atoms with Crippen molar-refractivity contribution < 1.29 is 21.8 Å². The number of nitriles is 2. The van der Waals surface area contributed by atoms with Crippen LogP contribution in [-0.2, 0) is 0 Å². The molecule has 148 valence electrons. The van der Waals surface area contributed by atoms with Crippen LogP contribution >= 0.6 is 0 Å². The van der Waals surface area contributed by atoms with E-state index < -0.39 is 7.25 Å². The Hall–Kier alpha value is -4.11. The number of nitrogens with zero attached hydrogens (tertiary/aromatic N) is 4. The highest BCUT2D eigenvalue weighted by Crippen LogP contribution is 2.22. The molecular formula is C21H13BF4N4.